The summed E-state index contributed by atoms with van der Waals surface area (Å²) in [5.74, 6) is 0.339. The van der Waals surface area contributed by atoms with Crippen molar-refractivity contribution in [1.82, 2.24) is 0 Å². The molecule has 2 aliphatic carbocycles. The fourth-order valence-corrected chi connectivity index (χ4v) is 5.44. The summed E-state index contributed by atoms with van der Waals surface area (Å²) in [7, 11) is 0. The number of allylic oxidation sites excluding steroid dienone is 5. The van der Waals surface area contributed by atoms with Gasteiger partial charge in [-0.2, -0.15) is 0 Å². The summed E-state index contributed by atoms with van der Waals surface area (Å²) in [6.45, 7) is 11.5. The Labute approximate surface area is 203 Å². The number of ether oxygens (including phenoxy) is 1. The fraction of sp³-hybridized carbons (Fsp3) is 0.467. The van der Waals surface area contributed by atoms with Crippen LogP contribution >= 0.6 is 0 Å². The molecule has 0 aromatic heterocycles. The topological polar surface area (TPSA) is 58.9 Å². The molecule has 1 fully saturated rings. The maximum Gasteiger partial charge on any atom is 0.335 e. The third kappa shape index (κ3) is 4.68. The van der Waals surface area contributed by atoms with Gasteiger partial charge in [-0.1, -0.05) is 64.0 Å². The number of nitrogens with zero attached hydrogens (tertiary/aromatic N) is 1. The van der Waals surface area contributed by atoms with E-state index in [0.29, 0.717) is 5.56 Å². The molecule has 1 saturated heterocycles. The van der Waals surface area contributed by atoms with Crippen molar-refractivity contribution in [2.45, 2.75) is 71.8 Å². The monoisotopic (exact) mass is 459 g/mol. The van der Waals surface area contributed by atoms with Gasteiger partial charge in [-0.3, -0.25) is 4.99 Å². The lowest BCUT2D eigenvalue weighted by Gasteiger charge is -2.45. The third-order valence-electron chi connectivity index (χ3n) is 7.23. The molecule has 0 amide bonds. The van der Waals surface area contributed by atoms with E-state index >= 15 is 0 Å². The number of hydrogen-bond donors (Lipinski definition) is 1. The molecule has 1 heterocycles. The Balaban J connectivity index is 1.85. The van der Waals surface area contributed by atoms with E-state index in [1.54, 1.807) is 0 Å². The van der Waals surface area contributed by atoms with Gasteiger partial charge in [0.15, 0.2) is 0 Å². The molecular weight excluding hydrogens is 422 g/mol. The minimum Gasteiger partial charge on any atom is -0.489 e. The van der Waals surface area contributed by atoms with Crippen LogP contribution in [0.25, 0.3) is 0 Å². The summed E-state index contributed by atoms with van der Waals surface area (Å²) in [4.78, 5) is 17.1. The van der Waals surface area contributed by atoms with Gasteiger partial charge in [0.25, 0.3) is 0 Å². The Bertz CT molecular complexity index is 1100. The van der Waals surface area contributed by atoms with E-state index in [0.717, 1.165) is 48.4 Å². The smallest absolute Gasteiger partial charge is 0.335 e. The first kappa shape index (κ1) is 24.3. The molecule has 4 atom stereocenters. The molecule has 0 saturated carbocycles. The molecule has 0 bridgehead atoms. The minimum absolute atomic E-state index is 0.0179. The molecule has 4 unspecified atom stereocenters. The zero-order valence-corrected chi connectivity index (χ0v) is 21.0. The maximum absolute atomic E-state index is 12.4. The highest BCUT2D eigenvalue weighted by molar-refractivity contribution is 6.05. The van der Waals surface area contributed by atoms with Gasteiger partial charge in [0, 0.05) is 30.4 Å². The second-order valence-corrected chi connectivity index (χ2v) is 10.0. The normalized spacial score (nSPS) is 26.9. The van der Waals surface area contributed by atoms with Crippen LogP contribution in [0.1, 0.15) is 87.2 Å². The fourth-order valence-electron chi connectivity index (χ4n) is 5.44. The lowest BCUT2D eigenvalue weighted by Crippen LogP contribution is -2.40. The minimum atomic E-state index is -0.866. The van der Waals surface area contributed by atoms with E-state index in [1.807, 2.05) is 12.1 Å². The summed E-state index contributed by atoms with van der Waals surface area (Å²) >= 11 is 0. The van der Waals surface area contributed by atoms with Gasteiger partial charge in [0.1, 0.15) is 11.9 Å². The molecule has 4 nitrogen and oxygen atoms in total. The van der Waals surface area contributed by atoms with Crippen LogP contribution in [0.5, 0.6) is 0 Å². The molecule has 4 heteroatoms. The number of rotatable bonds is 7. The van der Waals surface area contributed by atoms with Crippen LogP contribution in [-0.4, -0.2) is 29.4 Å². The largest absolute Gasteiger partial charge is 0.489 e. The van der Waals surface area contributed by atoms with Gasteiger partial charge < -0.3 is 9.84 Å². The predicted octanol–water partition coefficient (Wildman–Crippen LogP) is 7.21. The predicted molar refractivity (Wildman–Crippen MR) is 139 cm³/mol. The number of fused-ring (bicyclic) bond motifs is 2. The van der Waals surface area contributed by atoms with Crippen molar-refractivity contribution in [3.8, 4) is 0 Å². The van der Waals surface area contributed by atoms with E-state index in [1.165, 1.54) is 11.1 Å². The molecule has 0 spiro atoms. The average Bonchev–Trinajstić information content (AvgIpc) is 2.81. The van der Waals surface area contributed by atoms with Crippen molar-refractivity contribution in [2.24, 2.45) is 16.8 Å². The summed E-state index contributed by atoms with van der Waals surface area (Å²) < 4.78 is 6.60. The molecule has 180 valence electrons. The Morgan fingerprint density at radius 3 is 2.65 bits per heavy atom. The number of carboxylic acids is 1. The van der Waals surface area contributed by atoms with Crippen LogP contribution in [0.3, 0.4) is 0 Å². The number of aromatic carboxylic acids is 1. The van der Waals surface area contributed by atoms with Gasteiger partial charge in [-0.15, -0.1) is 0 Å². The van der Waals surface area contributed by atoms with Crippen molar-refractivity contribution in [3.63, 3.8) is 0 Å². The van der Waals surface area contributed by atoms with E-state index in [-0.39, 0.29) is 29.8 Å². The van der Waals surface area contributed by atoms with Crippen molar-refractivity contribution in [1.29, 1.82) is 0 Å². The zero-order valence-electron chi connectivity index (χ0n) is 21.0. The van der Waals surface area contributed by atoms with Gasteiger partial charge in [0.2, 0.25) is 0 Å². The SMILES string of the molecule is CCCN=C1C=CC2C(=C1)OC1C=C(CCC)C(C)=CC1C2c1ccc(C(C)C)cc1C(=O)O. The van der Waals surface area contributed by atoms with Crippen LogP contribution in [0, 0.1) is 11.8 Å². The van der Waals surface area contributed by atoms with Crippen LogP contribution in [0.15, 0.2) is 70.5 Å². The highest BCUT2D eigenvalue weighted by atomic mass is 16.5. The molecule has 0 radical (unpaired) electrons. The Morgan fingerprint density at radius 1 is 1.18 bits per heavy atom. The van der Waals surface area contributed by atoms with Crippen molar-refractivity contribution in [2.75, 3.05) is 6.54 Å². The number of benzene rings is 1. The number of carbonyl (C=O) groups is 1. The Hall–Kier alpha value is -2.88. The van der Waals surface area contributed by atoms with Crippen LogP contribution in [-0.2, 0) is 4.74 Å². The zero-order chi connectivity index (χ0) is 24.4. The summed E-state index contributed by atoms with van der Waals surface area (Å²) in [5, 5.41) is 10.2. The summed E-state index contributed by atoms with van der Waals surface area (Å²) in [6.07, 6.45) is 13.9. The average molecular weight is 460 g/mol. The van der Waals surface area contributed by atoms with E-state index in [9.17, 15) is 9.90 Å². The second-order valence-electron chi connectivity index (χ2n) is 10.0. The van der Waals surface area contributed by atoms with Crippen molar-refractivity contribution in [3.05, 3.63) is 82.2 Å². The van der Waals surface area contributed by atoms with Gasteiger partial charge in [-0.25, -0.2) is 4.79 Å². The van der Waals surface area contributed by atoms with E-state index in [2.05, 4.69) is 76.1 Å². The number of hydrogen-bond acceptors (Lipinski definition) is 3. The Kier molecular flexibility index (Phi) is 7.25. The van der Waals surface area contributed by atoms with Gasteiger partial charge >= 0.3 is 5.97 Å². The van der Waals surface area contributed by atoms with Crippen LogP contribution < -0.4 is 0 Å². The maximum atomic E-state index is 12.4. The molecule has 1 aromatic rings. The quantitative estimate of drug-likeness (QED) is 0.468. The molecule has 1 N–H and O–H groups in total. The molecular formula is C30H37NO3. The van der Waals surface area contributed by atoms with Crippen LogP contribution in [0.2, 0.25) is 0 Å². The summed E-state index contributed by atoms with van der Waals surface area (Å²) in [5.41, 5.74) is 5.89. The summed E-state index contributed by atoms with van der Waals surface area (Å²) in [6, 6.07) is 6.01. The second kappa shape index (κ2) is 10.2. The highest BCUT2D eigenvalue weighted by Crippen LogP contribution is 2.50. The molecule has 3 aliphatic rings. The first-order chi connectivity index (χ1) is 16.3. The highest BCUT2D eigenvalue weighted by Gasteiger charge is 2.45. The van der Waals surface area contributed by atoms with E-state index in [4.69, 9.17) is 4.74 Å². The molecule has 1 aromatic carbocycles. The first-order valence-corrected chi connectivity index (χ1v) is 12.7. The molecule has 34 heavy (non-hydrogen) atoms. The molecule has 4 rings (SSSR count). The van der Waals surface area contributed by atoms with Crippen molar-refractivity contribution >= 4 is 11.7 Å². The van der Waals surface area contributed by atoms with Gasteiger partial charge in [0.05, 0.1) is 11.3 Å². The van der Waals surface area contributed by atoms with Gasteiger partial charge in [-0.05, 0) is 60.6 Å². The van der Waals surface area contributed by atoms with E-state index < -0.39 is 5.97 Å². The first-order valence-electron chi connectivity index (χ1n) is 12.7. The lowest BCUT2D eigenvalue weighted by atomic mass is 9.66. The number of aliphatic imine (C=N–C) groups is 1. The van der Waals surface area contributed by atoms with Crippen LogP contribution in [0.4, 0.5) is 0 Å². The molecule has 1 aliphatic heterocycles. The third-order valence-corrected chi connectivity index (χ3v) is 7.23. The Morgan fingerprint density at radius 2 is 1.97 bits per heavy atom. The number of carboxylic acid groups (broad SMARTS) is 1. The standard InChI is InChI=1S/C30H37NO3/c1-6-8-21-16-27-26(14-19(21)5)29(23-11-9-20(18(3)4)15-25(23)30(32)33)24-12-10-22(31-13-7-2)17-28(24)34-27/h9-12,14-18,24,26-27,29H,6-8,13H2,1-5H3,(H,32,33). The van der Waals surface area contributed by atoms with Crippen molar-refractivity contribution < 1.29 is 14.6 Å². The lowest BCUT2D eigenvalue weighted by molar-refractivity contribution is 0.0393.